The molecule has 40 heavy (non-hydrogen) atoms. The zero-order chi connectivity index (χ0) is 28.9. The molecule has 0 radical (unpaired) electrons. The molecule has 2 amide bonds. The van der Waals surface area contributed by atoms with Gasteiger partial charge in [0.25, 0.3) is 5.91 Å². The van der Waals surface area contributed by atoms with Crippen molar-refractivity contribution in [2.24, 2.45) is 11.8 Å². The lowest BCUT2D eigenvalue weighted by atomic mass is 9.79. The fourth-order valence-electron chi connectivity index (χ4n) is 6.70. The van der Waals surface area contributed by atoms with E-state index in [2.05, 4.69) is 54.2 Å². The van der Waals surface area contributed by atoms with Crippen molar-refractivity contribution in [1.29, 1.82) is 0 Å². The third-order valence-electron chi connectivity index (χ3n) is 9.08. The molecule has 0 spiro atoms. The number of benzene rings is 1. The van der Waals surface area contributed by atoms with Crippen molar-refractivity contribution < 1.29 is 19.1 Å². The van der Waals surface area contributed by atoms with Crippen LogP contribution in [0.5, 0.6) is 0 Å². The number of rotatable bonds is 9. The van der Waals surface area contributed by atoms with E-state index in [4.69, 9.17) is 4.74 Å². The summed E-state index contributed by atoms with van der Waals surface area (Å²) in [5.74, 6) is -1.44. The summed E-state index contributed by atoms with van der Waals surface area (Å²) < 4.78 is 7.56. The van der Waals surface area contributed by atoms with Crippen LogP contribution in [0.25, 0.3) is 16.5 Å². The number of aromatic amines is 1. The lowest BCUT2D eigenvalue weighted by molar-refractivity contribution is -0.159. The molecule has 216 valence electrons. The minimum Gasteiger partial charge on any atom is -0.349 e. The van der Waals surface area contributed by atoms with Gasteiger partial charge < -0.3 is 24.7 Å². The van der Waals surface area contributed by atoms with Gasteiger partial charge in [-0.15, -0.1) is 0 Å². The highest BCUT2D eigenvalue weighted by atomic mass is 79.9. The fraction of sp³-hybridized carbons (Fsp3) is 0.567. The van der Waals surface area contributed by atoms with Crippen LogP contribution in [0.2, 0.25) is 0 Å². The maximum atomic E-state index is 14.0. The summed E-state index contributed by atoms with van der Waals surface area (Å²) in [7, 11) is 4.03. The van der Waals surface area contributed by atoms with Gasteiger partial charge in [0.2, 0.25) is 11.6 Å². The Morgan fingerprint density at radius 2 is 2.10 bits per heavy atom. The van der Waals surface area contributed by atoms with Gasteiger partial charge in [-0.25, -0.2) is 0 Å². The van der Waals surface area contributed by atoms with Crippen molar-refractivity contribution in [3.05, 3.63) is 40.0 Å². The average Bonchev–Trinajstić information content (AvgIpc) is 3.40. The second-order valence-corrected chi connectivity index (χ2v) is 12.4. The molecule has 9 nitrogen and oxygen atoms in total. The first-order chi connectivity index (χ1) is 19.1. The molecule has 1 aromatic heterocycles. The van der Waals surface area contributed by atoms with Gasteiger partial charge in [0.15, 0.2) is 6.23 Å². The second-order valence-electron chi connectivity index (χ2n) is 11.6. The van der Waals surface area contributed by atoms with E-state index in [1.807, 2.05) is 47.9 Å². The van der Waals surface area contributed by atoms with Crippen LogP contribution in [-0.4, -0.2) is 95.6 Å². The number of H-pyrrole nitrogens is 1. The first kappa shape index (κ1) is 29.0. The fourth-order valence-corrected chi connectivity index (χ4v) is 7.27. The van der Waals surface area contributed by atoms with Crippen LogP contribution in [0.3, 0.4) is 0 Å². The largest absolute Gasteiger partial charge is 0.349 e. The van der Waals surface area contributed by atoms with Gasteiger partial charge >= 0.3 is 0 Å². The van der Waals surface area contributed by atoms with Gasteiger partial charge in [-0.2, -0.15) is 0 Å². The molecule has 5 rings (SSSR count). The summed E-state index contributed by atoms with van der Waals surface area (Å²) in [6, 6.07) is 6.26. The summed E-state index contributed by atoms with van der Waals surface area (Å²) in [6.45, 7) is 9.03. The van der Waals surface area contributed by atoms with Gasteiger partial charge in [-0.3, -0.25) is 19.4 Å². The van der Waals surface area contributed by atoms with Crippen molar-refractivity contribution >= 4 is 50.5 Å². The van der Waals surface area contributed by atoms with Crippen LogP contribution in [0.15, 0.2) is 28.9 Å². The zero-order valence-corrected chi connectivity index (χ0v) is 25.7. The third kappa shape index (κ3) is 4.53. The standard InChI is InChI=1S/C30H40BrN5O4/c1-7-23(34(5)8-2)28-36(12-13-37)29(39)30(40-28,17(3)4)33-27(38)18-14-20-19-10-9-11-22-25(19)21(26(31)32-22)15-24(20)35(6)16-18/h9-11,13-14,17-18,23-24,28,32H,7-8,12,15-16H2,1-6H3,(H,33,38). The van der Waals surface area contributed by atoms with Gasteiger partial charge in [0, 0.05) is 29.4 Å². The van der Waals surface area contributed by atoms with Gasteiger partial charge in [-0.1, -0.05) is 45.9 Å². The second kappa shape index (κ2) is 11.0. The monoisotopic (exact) mass is 613 g/mol. The number of halogens is 1. The Hall–Kier alpha value is -2.53. The SMILES string of the molecule is CCC(C1OC(NC(=O)C2C=C3c4cccc5[nH]c(Br)c(c45)CC3N(C)C2)(C(C)C)C(=O)N1CC=O)N(C)CC. The topological polar surface area (TPSA) is 98.0 Å². The van der Waals surface area contributed by atoms with Crippen LogP contribution in [0.4, 0.5) is 0 Å². The van der Waals surface area contributed by atoms with Crippen LogP contribution in [0.1, 0.15) is 45.2 Å². The Labute approximate surface area is 244 Å². The molecule has 10 heteroatoms. The number of carbonyl (C=O) groups is 3. The van der Waals surface area contributed by atoms with Crippen molar-refractivity contribution in [3.63, 3.8) is 0 Å². The van der Waals surface area contributed by atoms with Crippen molar-refractivity contribution in [2.45, 2.75) is 64.6 Å². The quantitative estimate of drug-likeness (QED) is 0.421. The van der Waals surface area contributed by atoms with Gasteiger partial charge in [-0.05, 0) is 72.2 Å². The Morgan fingerprint density at radius 3 is 2.75 bits per heavy atom. The van der Waals surface area contributed by atoms with Gasteiger partial charge in [0.1, 0.15) is 6.29 Å². The van der Waals surface area contributed by atoms with E-state index in [-0.39, 0.29) is 36.4 Å². The molecule has 5 unspecified atom stereocenters. The molecule has 0 bridgehead atoms. The molecule has 1 aliphatic carbocycles. The Balaban J connectivity index is 1.49. The van der Waals surface area contributed by atoms with E-state index in [1.165, 1.54) is 15.8 Å². The number of hydrogen-bond donors (Lipinski definition) is 2. The lowest BCUT2D eigenvalue weighted by Gasteiger charge is -2.40. The number of aldehydes is 1. The molecule has 2 aliphatic heterocycles. The number of ether oxygens (including phenoxy) is 1. The number of carbonyl (C=O) groups excluding carboxylic acids is 3. The molecule has 3 aliphatic rings. The normalized spacial score (nSPS) is 27.3. The van der Waals surface area contributed by atoms with E-state index in [0.29, 0.717) is 6.54 Å². The molecule has 1 aromatic carbocycles. The summed E-state index contributed by atoms with van der Waals surface area (Å²) in [6.07, 6.45) is 3.73. The highest BCUT2D eigenvalue weighted by Gasteiger charge is 2.58. The number of nitrogens with zero attached hydrogens (tertiary/aromatic N) is 3. The van der Waals surface area contributed by atoms with Crippen LogP contribution >= 0.6 is 15.9 Å². The van der Waals surface area contributed by atoms with E-state index >= 15 is 0 Å². The summed E-state index contributed by atoms with van der Waals surface area (Å²) in [4.78, 5) is 48.8. The number of amides is 2. The molecule has 3 heterocycles. The number of fused-ring (bicyclic) bond motifs is 2. The van der Waals surface area contributed by atoms with Crippen LogP contribution in [-0.2, 0) is 25.5 Å². The molecule has 0 saturated carbocycles. The maximum Gasteiger partial charge on any atom is 0.278 e. The first-order valence-corrected chi connectivity index (χ1v) is 15.0. The summed E-state index contributed by atoms with van der Waals surface area (Å²) in [5, 5.41) is 4.25. The summed E-state index contributed by atoms with van der Waals surface area (Å²) in [5.41, 5.74) is 3.04. The van der Waals surface area contributed by atoms with Crippen molar-refractivity contribution in [3.8, 4) is 0 Å². The number of aromatic nitrogens is 1. The van der Waals surface area contributed by atoms with E-state index in [1.54, 1.807) is 0 Å². The molecule has 2 aromatic rings. The van der Waals surface area contributed by atoms with E-state index in [9.17, 15) is 14.4 Å². The lowest BCUT2D eigenvalue weighted by Crippen LogP contribution is -2.60. The van der Waals surface area contributed by atoms with Crippen molar-refractivity contribution in [1.82, 2.24) is 25.0 Å². The summed E-state index contributed by atoms with van der Waals surface area (Å²) >= 11 is 3.70. The maximum absolute atomic E-state index is 14.0. The number of hydrogen-bond acceptors (Lipinski definition) is 6. The highest BCUT2D eigenvalue weighted by Crippen LogP contribution is 2.43. The van der Waals surface area contributed by atoms with Crippen LogP contribution in [0, 0.1) is 11.8 Å². The Kier molecular flexibility index (Phi) is 8.00. The molecular weight excluding hydrogens is 574 g/mol. The average molecular weight is 615 g/mol. The molecular formula is C30H40BrN5O4. The molecule has 1 saturated heterocycles. The minimum absolute atomic E-state index is 0.0850. The first-order valence-electron chi connectivity index (χ1n) is 14.2. The minimum atomic E-state index is -1.55. The Bertz CT molecular complexity index is 1360. The molecule has 1 fully saturated rings. The van der Waals surface area contributed by atoms with Gasteiger partial charge in [0.05, 0.1) is 23.1 Å². The smallest absolute Gasteiger partial charge is 0.278 e. The molecule has 5 atom stereocenters. The third-order valence-corrected chi connectivity index (χ3v) is 9.75. The predicted molar refractivity (Wildman–Crippen MR) is 158 cm³/mol. The van der Waals surface area contributed by atoms with Crippen molar-refractivity contribution in [2.75, 3.05) is 33.7 Å². The van der Waals surface area contributed by atoms with E-state index in [0.717, 1.165) is 46.9 Å². The predicted octanol–water partition coefficient (Wildman–Crippen LogP) is 3.38. The van der Waals surface area contributed by atoms with Crippen LogP contribution < -0.4 is 5.32 Å². The van der Waals surface area contributed by atoms with E-state index < -0.39 is 17.9 Å². The zero-order valence-electron chi connectivity index (χ0n) is 24.2. The molecule has 2 N–H and O–H groups in total. The Morgan fingerprint density at radius 1 is 1.35 bits per heavy atom. The number of likely N-dealkylation sites (N-methyl/N-ethyl adjacent to an activating group) is 2. The number of nitrogens with one attached hydrogen (secondary N) is 2. The highest BCUT2D eigenvalue weighted by molar-refractivity contribution is 9.10.